The molecule has 3 rings (SSSR count). The molecule has 6 nitrogen and oxygen atoms in total. The molecule has 0 saturated carbocycles. The van der Waals surface area contributed by atoms with Crippen molar-refractivity contribution in [2.24, 2.45) is 0 Å². The van der Waals surface area contributed by atoms with Crippen LogP contribution in [0.3, 0.4) is 0 Å². The highest BCUT2D eigenvalue weighted by Gasteiger charge is 2.12. The Labute approximate surface area is 165 Å². The fourth-order valence-electron chi connectivity index (χ4n) is 2.41. The van der Waals surface area contributed by atoms with Gasteiger partial charge in [0.15, 0.2) is 0 Å². The maximum absolute atomic E-state index is 13.2. The molecular formula is C20H15ClFN3O3. The second kappa shape index (κ2) is 8.49. The van der Waals surface area contributed by atoms with Gasteiger partial charge in [-0.2, -0.15) is 0 Å². The molecule has 0 spiro atoms. The van der Waals surface area contributed by atoms with Crippen LogP contribution in [0.1, 0.15) is 20.8 Å². The number of hydrogen-bond donors (Lipinski definition) is 2. The standard InChI is InChI=1S/C20H15ClFN3O3/c1-28-20(27)14-4-2-3-5-17(14)24-13-7-9-18(23-11-13)19(26)25-12-6-8-16(22)15(21)10-12/h2-11,24H,1H3,(H,25,26). The number of amides is 1. The number of nitrogens with one attached hydrogen (secondary N) is 2. The minimum Gasteiger partial charge on any atom is -0.465 e. The number of carbonyl (C=O) groups is 2. The normalized spacial score (nSPS) is 10.2. The number of methoxy groups -OCH3 is 1. The Morgan fingerprint density at radius 2 is 1.82 bits per heavy atom. The van der Waals surface area contributed by atoms with Crippen molar-refractivity contribution in [3.63, 3.8) is 0 Å². The lowest BCUT2D eigenvalue weighted by atomic mass is 10.1. The highest BCUT2D eigenvalue weighted by atomic mass is 35.5. The van der Waals surface area contributed by atoms with Crippen molar-refractivity contribution in [1.82, 2.24) is 4.98 Å². The number of rotatable bonds is 5. The van der Waals surface area contributed by atoms with Crippen molar-refractivity contribution < 1.29 is 18.7 Å². The van der Waals surface area contributed by atoms with Gasteiger partial charge in [0.2, 0.25) is 0 Å². The van der Waals surface area contributed by atoms with E-state index in [1.165, 1.54) is 31.5 Å². The summed E-state index contributed by atoms with van der Waals surface area (Å²) >= 11 is 5.70. The highest BCUT2D eigenvalue weighted by Crippen LogP contribution is 2.22. The Morgan fingerprint density at radius 3 is 2.50 bits per heavy atom. The van der Waals surface area contributed by atoms with E-state index in [1.54, 1.807) is 30.3 Å². The van der Waals surface area contributed by atoms with Crippen molar-refractivity contribution >= 4 is 40.5 Å². The van der Waals surface area contributed by atoms with E-state index in [4.69, 9.17) is 16.3 Å². The molecule has 0 bridgehead atoms. The highest BCUT2D eigenvalue weighted by molar-refractivity contribution is 6.31. The Morgan fingerprint density at radius 1 is 1.07 bits per heavy atom. The average Bonchev–Trinajstić information content (AvgIpc) is 2.71. The van der Waals surface area contributed by atoms with E-state index in [2.05, 4.69) is 15.6 Å². The summed E-state index contributed by atoms with van der Waals surface area (Å²) in [5, 5.41) is 5.57. The van der Waals surface area contributed by atoms with E-state index in [0.29, 0.717) is 22.6 Å². The van der Waals surface area contributed by atoms with Crippen LogP contribution in [0.2, 0.25) is 5.02 Å². The molecule has 0 radical (unpaired) electrons. The van der Waals surface area contributed by atoms with Crippen molar-refractivity contribution in [1.29, 1.82) is 0 Å². The van der Waals surface area contributed by atoms with Gasteiger partial charge in [0, 0.05) is 5.69 Å². The van der Waals surface area contributed by atoms with Crippen molar-refractivity contribution in [2.45, 2.75) is 0 Å². The van der Waals surface area contributed by atoms with Gasteiger partial charge in [-0.05, 0) is 42.5 Å². The summed E-state index contributed by atoms with van der Waals surface area (Å²) in [6, 6.07) is 13.9. The largest absolute Gasteiger partial charge is 0.465 e. The number of halogens is 2. The third-order valence-corrected chi connectivity index (χ3v) is 4.07. The second-order valence-corrected chi connectivity index (χ2v) is 6.08. The number of pyridine rings is 1. The zero-order chi connectivity index (χ0) is 20.1. The molecule has 8 heteroatoms. The molecule has 0 aliphatic heterocycles. The predicted molar refractivity (Wildman–Crippen MR) is 105 cm³/mol. The number of ether oxygens (including phenoxy) is 1. The monoisotopic (exact) mass is 399 g/mol. The van der Waals surface area contributed by atoms with Crippen LogP contribution < -0.4 is 10.6 Å². The molecule has 142 valence electrons. The summed E-state index contributed by atoms with van der Waals surface area (Å²) in [7, 11) is 1.31. The van der Waals surface area contributed by atoms with Crippen molar-refractivity contribution in [3.8, 4) is 0 Å². The number of aromatic nitrogens is 1. The molecule has 28 heavy (non-hydrogen) atoms. The Balaban J connectivity index is 1.72. The quantitative estimate of drug-likeness (QED) is 0.610. The maximum Gasteiger partial charge on any atom is 0.339 e. The summed E-state index contributed by atoms with van der Waals surface area (Å²) in [5.74, 6) is -1.50. The third-order valence-electron chi connectivity index (χ3n) is 3.78. The fourth-order valence-corrected chi connectivity index (χ4v) is 2.59. The topological polar surface area (TPSA) is 80.3 Å². The van der Waals surface area contributed by atoms with E-state index >= 15 is 0 Å². The van der Waals surface area contributed by atoms with Gasteiger partial charge >= 0.3 is 5.97 Å². The molecule has 0 unspecified atom stereocenters. The third kappa shape index (κ3) is 4.44. The van der Waals surface area contributed by atoms with Gasteiger partial charge in [-0.25, -0.2) is 14.2 Å². The number of hydrogen-bond acceptors (Lipinski definition) is 5. The SMILES string of the molecule is COC(=O)c1ccccc1Nc1ccc(C(=O)Nc2ccc(F)c(Cl)c2)nc1. The zero-order valence-corrected chi connectivity index (χ0v) is 15.5. The molecular weight excluding hydrogens is 385 g/mol. The van der Waals surface area contributed by atoms with Crippen LogP contribution in [0.15, 0.2) is 60.8 Å². The molecule has 0 saturated heterocycles. The smallest absolute Gasteiger partial charge is 0.339 e. The Hall–Kier alpha value is -3.45. The van der Waals surface area contributed by atoms with Crippen LogP contribution in [0.25, 0.3) is 0 Å². The first kappa shape index (κ1) is 19.3. The number of para-hydroxylation sites is 1. The Bertz CT molecular complexity index is 1030. The zero-order valence-electron chi connectivity index (χ0n) is 14.7. The first-order valence-corrected chi connectivity index (χ1v) is 8.52. The lowest BCUT2D eigenvalue weighted by Gasteiger charge is -2.11. The van der Waals surface area contributed by atoms with Crippen LogP contribution in [-0.4, -0.2) is 24.0 Å². The second-order valence-electron chi connectivity index (χ2n) is 5.68. The molecule has 2 aromatic carbocycles. The molecule has 1 amide bonds. The molecule has 1 heterocycles. The number of esters is 1. The first-order valence-electron chi connectivity index (χ1n) is 8.15. The van der Waals surface area contributed by atoms with Crippen molar-refractivity contribution in [2.75, 3.05) is 17.7 Å². The summed E-state index contributed by atoms with van der Waals surface area (Å²) in [4.78, 5) is 28.2. The van der Waals surface area contributed by atoms with Crippen molar-refractivity contribution in [3.05, 3.63) is 82.9 Å². The van der Waals surface area contributed by atoms with Gasteiger partial charge in [-0.1, -0.05) is 23.7 Å². The minimum atomic E-state index is -0.569. The van der Waals surface area contributed by atoms with Crippen LogP contribution in [0, 0.1) is 5.82 Å². The molecule has 3 aromatic rings. The van der Waals surface area contributed by atoms with E-state index in [9.17, 15) is 14.0 Å². The van der Waals surface area contributed by atoms with Crippen LogP contribution in [-0.2, 0) is 4.74 Å². The van der Waals surface area contributed by atoms with E-state index in [1.807, 2.05) is 0 Å². The molecule has 0 atom stereocenters. The average molecular weight is 400 g/mol. The van der Waals surface area contributed by atoms with Crippen LogP contribution in [0.4, 0.5) is 21.5 Å². The number of anilines is 3. The molecule has 0 fully saturated rings. The number of carbonyl (C=O) groups excluding carboxylic acids is 2. The van der Waals surface area contributed by atoms with Gasteiger partial charge in [-0.3, -0.25) is 4.79 Å². The van der Waals surface area contributed by atoms with Crippen LogP contribution in [0.5, 0.6) is 0 Å². The summed E-state index contributed by atoms with van der Waals surface area (Å²) in [6.07, 6.45) is 1.46. The summed E-state index contributed by atoms with van der Waals surface area (Å²) in [6.45, 7) is 0. The van der Waals surface area contributed by atoms with Gasteiger partial charge in [0.25, 0.3) is 5.91 Å². The maximum atomic E-state index is 13.2. The number of benzene rings is 2. The van der Waals surface area contributed by atoms with E-state index in [0.717, 1.165) is 6.07 Å². The fraction of sp³-hybridized carbons (Fsp3) is 0.0500. The summed E-state index contributed by atoms with van der Waals surface area (Å²) in [5.41, 5.74) is 2.02. The summed E-state index contributed by atoms with van der Waals surface area (Å²) < 4.78 is 17.9. The predicted octanol–water partition coefficient (Wildman–Crippen LogP) is 4.66. The lowest BCUT2D eigenvalue weighted by molar-refractivity contribution is 0.0601. The molecule has 0 aliphatic rings. The Kier molecular flexibility index (Phi) is 5.86. The number of nitrogens with zero attached hydrogens (tertiary/aromatic N) is 1. The molecule has 2 N–H and O–H groups in total. The molecule has 0 aliphatic carbocycles. The minimum absolute atomic E-state index is 0.0884. The van der Waals surface area contributed by atoms with Gasteiger partial charge in [-0.15, -0.1) is 0 Å². The first-order chi connectivity index (χ1) is 13.5. The van der Waals surface area contributed by atoms with E-state index < -0.39 is 17.7 Å². The van der Waals surface area contributed by atoms with Gasteiger partial charge in [0.1, 0.15) is 11.5 Å². The van der Waals surface area contributed by atoms with Gasteiger partial charge < -0.3 is 15.4 Å². The molecule has 1 aromatic heterocycles. The van der Waals surface area contributed by atoms with E-state index in [-0.39, 0.29) is 10.7 Å². The van der Waals surface area contributed by atoms with Crippen LogP contribution >= 0.6 is 11.6 Å². The van der Waals surface area contributed by atoms with Gasteiger partial charge in [0.05, 0.1) is 35.3 Å². The lowest BCUT2D eigenvalue weighted by Crippen LogP contribution is -2.13.